The van der Waals surface area contributed by atoms with Gasteiger partial charge in [-0.3, -0.25) is 0 Å². The molecule has 2 nitrogen and oxygen atoms in total. The van der Waals surface area contributed by atoms with Gasteiger partial charge in [-0.1, -0.05) is 32.0 Å². The van der Waals surface area contributed by atoms with Crippen LogP contribution in [-0.2, 0) is 6.42 Å². The van der Waals surface area contributed by atoms with Crippen LogP contribution in [0.5, 0.6) is 0 Å². The smallest absolute Gasteiger partial charge is 0.115 e. The molecule has 1 aromatic heterocycles. The van der Waals surface area contributed by atoms with Gasteiger partial charge in [-0.05, 0) is 50.4 Å². The van der Waals surface area contributed by atoms with Gasteiger partial charge in [0.05, 0.1) is 11.7 Å². The van der Waals surface area contributed by atoms with Crippen LogP contribution in [0.3, 0.4) is 0 Å². The first-order valence-electron chi connectivity index (χ1n) is 7.33. The fourth-order valence-corrected chi connectivity index (χ4v) is 3.51. The lowest BCUT2D eigenvalue weighted by Gasteiger charge is -2.17. The fraction of sp³-hybridized carbons (Fsp3) is 0.471. The largest absolute Gasteiger partial charge is 0.305 e. The number of thiazole rings is 1. The first kappa shape index (κ1) is 15.2. The molecule has 2 aromatic rings. The number of hydrogen-bond acceptors (Lipinski definition) is 3. The fourth-order valence-electron chi connectivity index (χ4n) is 2.40. The normalized spacial score (nSPS) is 12.7. The van der Waals surface area contributed by atoms with E-state index in [1.54, 1.807) is 0 Å². The molecule has 0 spiro atoms. The van der Waals surface area contributed by atoms with Crippen LogP contribution in [0.4, 0.5) is 0 Å². The first-order chi connectivity index (χ1) is 9.56. The Labute approximate surface area is 126 Å². The Morgan fingerprint density at radius 2 is 1.90 bits per heavy atom. The highest BCUT2D eigenvalue weighted by Gasteiger charge is 2.18. The molecule has 0 amide bonds. The third kappa shape index (κ3) is 3.10. The van der Waals surface area contributed by atoms with Crippen molar-refractivity contribution in [1.82, 2.24) is 10.3 Å². The summed E-state index contributed by atoms with van der Waals surface area (Å²) in [6.45, 7) is 11.8. The van der Waals surface area contributed by atoms with Crippen LogP contribution in [0.15, 0.2) is 18.2 Å². The zero-order chi connectivity index (χ0) is 14.7. The van der Waals surface area contributed by atoms with E-state index in [2.05, 4.69) is 58.1 Å². The summed E-state index contributed by atoms with van der Waals surface area (Å²) in [5.41, 5.74) is 5.23. The molecule has 0 fully saturated rings. The van der Waals surface area contributed by atoms with Crippen LogP contribution in [0, 0.1) is 20.8 Å². The third-order valence-electron chi connectivity index (χ3n) is 3.76. The molecule has 0 bridgehead atoms. The van der Waals surface area contributed by atoms with Crippen LogP contribution in [0.25, 0.3) is 0 Å². The molecular formula is C17H24N2S. The maximum atomic E-state index is 4.83. The monoisotopic (exact) mass is 288 g/mol. The average Bonchev–Trinajstić information content (AvgIpc) is 2.80. The summed E-state index contributed by atoms with van der Waals surface area (Å²) in [6.07, 6.45) is 1.01. The number of benzene rings is 1. The zero-order valence-corrected chi connectivity index (χ0v) is 13.9. The minimum absolute atomic E-state index is 0.211. The van der Waals surface area contributed by atoms with Crippen LogP contribution >= 0.6 is 11.3 Å². The molecule has 20 heavy (non-hydrogen) atoms. The van der Waals surface area contributed by atoms with Gasteiger partial charge in [-0.15, -0.1) is 11.3 Å². The predicted octanol–water partition coefficient (Wildman–Crippen LogP) is 4.33. The quantitative estimate of drug-likeness (QED) is 0.886. The van der Waals surface area contributed by atoms with Crippen molar-refractivity contribution in [3.8, 4) is 0 Å². The molecule has 0 saturated heterocycles. The van der Waals surface area contributed by atoms with Crippen LogP contribution in [0.1, 0.15) is 52.2 Å². The Kier molecular flexibility index (Phi) is 4.95. The van der Waals surface area contributed by atoms with Crippen molar-refractivity contribution in [3.05, 3.63) is 50.5 Å². The second kappa shape index (κ2) is 6.51. The van der Waals surface area contributed by atoms with Gasteiger partial charge in [0.15, 0.2) is 0 Å². The predicted molar refractivity (Wildman–Crippen MR) is 87.7 cm³/mol. The van der Waals surface area contributed by atoms with Crippen LogP contribution in [-0.4, -0.2) is 11.5 Å². The summed E-state index contributed by atoms with van der Waals surface area (Å²) in [6, 6.07) is 6.92. The summed E-state index contributed by atoms with van der Waals surface area (Å²) in [5.74, 6) is 0. The van der Waals surface area contributed by atoms with E-state index in [0.717, 1.165) is 13.0 Å². The topological polar surface area (TPSA) is 24.9 Å². The molecule has 0 aliphatic heterocycles. The summed E-state index contributed by atoms with van der Waals surface area (Å²) in [4.78, 5) is 6.17. The SMILES string of the molecule is CCNC(c1ccc(C)c(C)c1)c1nc(CC)c(C)s1. The minimum atomic E-state index is 0.211. The standard InChI is InChI=1S/C17H24N2S/c1-6-15-13(5)20-17(19-15)16(18-7-2)14-9-8-11(3)12(4)10-14/h8-10,16,18H,6-7H2,1-5H3. The van der Waals surface area contributed by atoms with E-state index in [-0.39, 0.29) is 6.04 Å². The van der Waals surface area contributed by atoms with Gasteiger partial charge < -0.3 is 5.32 Å². The van der Waals surface area contributed by atoms with Crippen molar-refractivity contribution in [2.24, 2.45) is 0 Å². The number of rotatable bonds is 5. The average molecular weight is 288 g/mol. The molecule has 3 heteroatoms. The van der Waals surface area contributed by atoms with Gasteiger partial charge in [0, 0.05) is 4.88 Å². The van der Waals surface area contributed by atoms with Gasteiger partial charge >= 0.3 is 0 Å². The Morgan fingerprint density at radius 3 is 2.45 bits per heavy atom. The lowest BCUT2D eigenvalue weighted by Crippen LogP contribution is -2.22. The Balaban J connectivity index is 2.41. The second-order valence-electron chi connectivity index (χ2n) is 5.24. The van der Waals surface area contributed by atoms with Crippen molar-refractivity contribution < 1.29 is 0 Å². The highest BCUT2D eigenvalue weighted by atomic mass is 32.1. The highest BCUT2D eigenvalue weighted by molar-refractivity contribution is 7.11. The summed E-state index contributed by atoms with van der Waals surface area (Å²) in [7, 11) is 0. The molecule has 0 aliphatic carbocycles. The van der Waals surface area contributed by atoms with Gasteiger partial charge in [0.25, 0.3) is 0 Å². The van der Waals surface area contributed by atoms with Crippen molar-refractivity contribution in [2.75, 3.05) is 6.54 Å². The molecule has 2 rings (SSSR count). The Bertz CT molecular complexity index is 587. The van der Waals surface area contributed by atoms with E-state index < -0.39 is 0 Å². The maximum Gasteiger partial charge on any atom is 0.115 e. The first-order valence-corrected chi connectivity index (χ1v) is 8.15. The summed E-state index contributed by atoms with van der Waals surface area (Å²) >= 11 is 1.82. The molecule has 0 saturated carbocycles. The van der Waals surface area contributed by atoms with Crippen LogP contribution < -0.4 is 5.32 Å². The molecule has 108 valence electrons. The van der Waals surface area contributed by atoms with E-state index in [4.69, 9.17) is 4.98 Å². The number of nitrogens with zero attached hydrogens (tertiary/aromatic N) is 1. The number of aryl methyl sites for hydroxylation is 4. The van der Waals surface area contributed by atoms with Gasteiger partial charge in [-0.2, -0.15) is 0 Å². The second-order valence-corrected chi connectivity index (χ2v) is 6.48. The van der Waals surface area contributed by atoms with E-state index in [0.29, 0.717) is 0 Å². The van der Waals surface area contributed by atoms with E-state index in [1.807, 2.05) is 11.3 Å². The number of hydrogen-bond donors (Lipinski definition) is 1. The Hall–Kier alpha value is -1.19. The van der Waals surface area contributed by atoms with E-state index in [9.17, 15) is 0 Å². The Morgan fingerprint density at radius 1 is 1.15 bits per heavy atom. The molecule has 1 N–H and O–H groups in total. The molecule has 0 aliphatic rings. The van der Waals surface area contributed by atoms with E-state index in [1.165, 1.54) is 32.3 Å². The lowest BCUT2D eigenvalue weighted by molar-refractivity contribution is 0.625. The van der Waals surface area contributed by atoms with Crippen molar-refractivity contribution in [3.63, 3.8) is 0 Å². The molecule has 0 radical (unpaired) electrons. The number of nitrogens with one attached hydrogen (secondary N) is 1. The molecule has 1 unspecified atom stereocenters. The van der Waals surface area contributed by atoms with Crippen molar-refractivity contribution in [2.45, 2.75) is 47.1 Å². The lowest BCUT2D eigenvalue weighted by atomic mass is 10.0. The minimum Gasteiger partial charge on any atom is -0.305 e. The summed E-state index contributed by atoms with van der Waals surface area (Å²) < 4.78 is 0. The third-order valence-corrected chi connectivity index (χ3v) is 4.84. The molecule has 1 heterocycles. The highest BCUT2D eigenvalue weighted by Crippen LogP contribution is 2.29. The number of aromatic nitrogens is 1. The van der Waals surface area contributed by atoms with Gasteiger partial charge in [-0.25, -0.2) is 4.98 Å². The van der Waals surface area contributed by atoms with Crippen LogP contribution in [0.2, 0.25) is 0 Å². The van der Waals surface area contributed by atoms with Gasteiger partial charge in [0.1, 0.15) is 5.01 Å². The maximum absolute atomic E-state index is 4.83. The molecule has 1 atom stereocenters. The molecule has 1 aromatic carbocycles. The van der Waals surface area contributed by atoms with E-state index >= 15 is 0 Å². The zero-order valence-electron chi connectivity index (χ0n) is 13.1. The van der Waals surface area contributed by atoms with Crippen molar-refractivity contribution in [1.29, 1.82) is 0 Å². The molecular weight excluding hydrogens is 264 g/mol. The van der Waals surface area contributed by atoms with Gasteiger partial charge in [0.2, 0.25) is 0 Å². The summed E-state index contributed by atoms with van der Waals surface area (Å²) in [5, 5.41) is 4.76. The van der Waals surface area contributed by atoms with Crippen molar-refractivity contribution >= 4 is 11.3 Å².